The first-order chi connectivity index (χ1) is 10.1. The highest BCUT2D eigenvalue weighted by Crippen LogP contribution is 2.10. The van der Waals surface area contributed by atoms with Crippen molar-refractivity contribution in [2.75, 3.05) is 39.5 Å². The van der Waals surface area contributed by atoms with Crippen LogP contribution in [0.3, 0.4) is 0 Å². The largest absolute Gasteiger partial charge is 0.389 e. The molecular formula is C16H26FNO3. The van der Waals surface area contributed by atoms with Crippen molar-refractivity contribution in [1.82, 2.24) is 5.32 Å². The van der Waals surface area contributed by atoms with Crippen molar-refractivity contribution < 1.29 is 19.0 Å². The van der Waals surface area contributed by atoms with Crippen LogP contribution in [-0.4, -0.2) is 50.7 Å². The van der Waals surface area contributed by atoms with Gasteiger partial charge in [0.05, 0.1) is 25.9 Å². The third-order valence-corrected chi connectivity index (χ3v) is 3.14. The molecule has 21 heavy (non-hydrogen) atoms. The van der Waals surface area contributed by atoms with Crippen molar-refractivity contribution in [1.29, 1.82) is 0 Å². The van der Waals surface area contributed by atoms with Crippen molar-refractivity contribution in [3.05, 3.63) is 35.1 Å². The summed E-state index contributed by atoms with van der Waals surface area (Å²) in [6.45, 7) is 7.09. The van der Waals surface area contributed by atoms with Crippen LogP contribution in [0, 0.1) is 12.7 Å². The summed E-state index contributed by atoms with van der Waals surface area (Å²) in [5.41, 5.74) is 2.07. The number of hydrogen-bond acceptors (Lipinski definition) is 4. The molecule has 0 saturated heterocycles. The van der Waals surface area contributed by atoms with E-state index in [2.05, 4.69) is 5.32 Å². The number of ether oxygens (including phenoxy) is 2. The summed E-state index contributed by atoms with van der Waals surface area (Å²) in [5, 5.41) is 12.9. The summed E-state index contributed by atoms with van der Waals surface area (Å²) < 4.78 is 23.4. The molecule has 0 aliphatic rings. The predicted octanol–water partition coefficient (Wildman–Crippen LogP) is 1.68. The molecule has 0 aliphatic heterocycles. The lowest BCUT2D eigenvalue weighted by atomic mass is 10.1. The van der Waals surface area contributed by atoms with E-state index in [9.17, 15) is 9.50 Å². The van der Waals surface area contributed by atoms with Crippen LogP contribution < -0.4 is 5.32 Å². The molecule has 1 rings (SSSR count). The normalized spacial score (nSPS) is 12.6. The molecule has 0 spiro atoms. The Morgan fingerprint density at radius 1 is 1.29 bits per heavy atom. The van der Waals surface area contributed by atoms with Gasteiger partial charge in [0.2, 0.25) is 0 Å². The number of rotatable bonds is 11. The van der Waals surface area contributed by atoms with Crippen LogP contribution in [0.2, 0.25) is 0 Å². The summed E-state index contributed by atoms with van der Waals surface area (Å²) >= 11 is 0. The average molecular weight is 299 g/mol. The lowest BCUT2D eigenvalue weighted by Crippen LogP contribution is -2.32. The fourth-order valence-electron chi connectivity index (χ4n) is 1.97. The van der Waals surface area contributed by atoms with Gasteiger partial charge in [-0.25, -0.2) is 4.39 Å². The molecule has 2 N–H and O–H groups in total. The molecule has 0 bridgehead atoms. The zero-order valence-corrected chi connectivity index (χ0v) is 12.9. The van der Waals surface area contributed by atoms with Crippen LogP contribution in [0.5, 0.6) is 0 Å². The van der Waals surface area contributed by atoms with Crippen LogP contribution in [0.25, 0.3) is 0 Å². The molecule has 0 amide bonds. The topological polar surface area (TPSA) is 50.7 Å². The first-order valence-corrected chi connectivity index (χ1v) is 7.42. The van der Waals surface area contributed by atoms with E-state index in [1.54, 1.807) is 6.07 Å². The monoisotopic (exact) mass is 299 g/mol. The average Bonchev–Trinajstić information content (AvgIpc) is 2.45. The molecule has 0 fully saturated rings. The highest BCUT2D eigenvalue weighted by atomic mass is 19.1. The zero-order chi connectivity index (χ0) is 15.5. The number of nitrogens with one attached hydrogen (secondary N) is 1. The maximum atomic E-state index is 13.0. The van der Waals surface area contributed by atoms with Crippen LogP contribution in [0.4, 0.5) is 4.39 Å². The van der Waals surface area contributed by atoms with E-state index < -0.39 is 6.10 Å². The van der Waals surface area contributed by atoms with Crippen LogP contribution >= 0.6 is 0 Å². The standard InChI is InChI=1S/C16H26FNO3/c1-3-20-8-9-21-12-16(19)11-18-7-6-14-4-5-15(17)10-13(14)2/h4-5,10,16,18-19H,3,6-9,11-12H2,1-2H3. The number of aliphatic hydroxyl groups is 1. The molecule has 1 unspecified atom stereocenters. The number of aliphatic hydroxyl groups excluding tert-OH is 1. The summed E-state index contributed by atoms with van der Waals surface area (Å²) in [7, 11) is 0. The third kappa shape index (κ3) is 8.12. The summed E-state index contributed by atoms with van der Waals surface area (Å²) in [6.07, 6.45) is 0.283. The Hall–Kier alpha value is -1.01. The maximum absolute atomic E-state index is 13.0. The van der Waals surface area contributed by atoms with E-state index in [0.29, 0.717) is 33.0 Å². The molecule has 1 aromatic carbocycles. The van der Waals surface area contributed by atoms with Gasteiger partial charge in [-0.15, -0.1) is 0 Å². The van der Waals surface area contributed by atoms with E-state index in [4.69, 9.17) is 9.47 Å². The molecule has 4 nitrogen and oxygen atoms in total. The molecule has 1 aromatic rings. The molecule has 5 heteroatoms. The lowest BCUT2D eigenvalue weighted by Gasteiger charge is -2.13. The number of benzene rings is 1. The van der Waals surface area contributed by atoms with Gasteiger partial charge in [0, 0.05) is 13.2 Å². The molecule has 0 heterocycles. The minimum absolute atomic E-state index is 0.205. The minimum Gasteiger partial charge on any atom is -0.389 e. The van der Waals surface area contributed by atoms with Crippen LogP contribution in [0.15, 0.2) is 18.2 Å². The smallest absolute Gasteiger partial charge is 0.123 e. The van der Waals surface area contributed by atoms with Gasteiger partial charge in [-0.3, -0.25) is 0 Å². The Kier molecular flexibility index (Phi) is 9.17. The molecular weight excluding hydrogens is 273 g/mol. The first kappa shape index (κ1) is 18.0. The van der Waals surface area contributed by atoms with Gasteiger partial charge < -0.3 is 19.9 Å². The predicted molar refractivity (Wildman–Crippen MR) is 81.0 cm³/mol. The Morgan fingerprint density at radius 3 is 2.76 bits per heavy atom. The van der Waals surface area contributed by atoms with E-state index in [1.807, 2.05) is 13.8 Å². The fraction of sp³-hybridized carbons (Fsp3) is 0.625. The quantitative estimate of drug-likeness (QED) is 0.611. The molecule has 0 saturated carbocycles. The van der Waals surface area contributed by atoms with Gasteiger partial charge in [-0.2, -0.15) is 0 Å². The molecule has 120 valence electrons. The maximum Gasteiger partial charge on any atom is 0.123 e. The van der Waals surface area contributed by atoms with E-state index in [-0.39, 0.29) is 5.82 Å². The van der Waals surface area contributed by atoms with Crippen molar-refractivity contribution in [3.63, 3.8) is 0 Å². The summed E-state index contributed by atoms with van der Waals surface area (Å²) in [5.74, 6) is -0.205. The fourth-order valence-corrected chi connectivity index (χ4v) is 1.97. The number of hydrogen-bond donors (Lipinski definition) is 2. The summed E-state index contributed by atoms with van der Waals surface area (Å²) in [4.78, 5) is 0. The van der Waals surface area contributed by atoms with Gasteiger partial charge in [-0.05, 0) is 50.1 Å². The van der Waals surface area contributed by atoms with Gasteiger partial charge >= 0.3 is 0 Å². The zero-order valence-electron chi connectivity index (χ0n) is 12.9. The lowest BCUT2D eigenvalue weighted by molar-refractivity contribution is 0.00659. The molecule has 0 aromatic heterocycles. The third-order valence-electron chi connectivity index (χ3n) is 3.14. The summed E-state index contributed by atoms with van der Waals surface area (Å²) in [6, 6.07) is 4.82. The SMILES string of the molecule is CCOCCOCC(O)CNCCc1ccc(F)cc1C. The van der Waals surface area contributed by atoms with Crippen molar-refractivity contribution in [3.8, 4) is 0 Å². The second kappa shape index (κ2) is 10.7. The van der Waals surface area contributed by atoms with Crippen LogP contribution in [-0.2, 0) is 15.9 Å². The van der Waals surface area contributed by atoms with E-state index in [0.717, 1.165) is 24.1 Å². The van der Waals surface area contributed by atoms with Gasteiger partial charge in [-0.1, -0.05) is 6.07 Å². The van der Waals surface area contributed by atoms with Gasteiger partial charge in [0.25, 0.3) is 0 Å². The number of halogens is 1. The van der Waals surface area contributed by atoms with Crippen LogP contribution in [0.1, 0.15) is 18.1 Å². The molecule has 1 atom stereocenters. The Morgan fingerprint density at radius 2 is 2.05 bits per heavy atom. The second-order valence-electron chi connectivity index (χ2n) is 4.95. The van der Waals surface area contributed by atoms with E-state index >= 15 is 0 Å². The van der Waals surface area contributed by atoms with E-state index in [1.165, 1.54) is 12.1 Å². The van der Waals surface area contributed by atoms with Crippen molar-refractivity contribution >= 4 is 0 Å². The van der Waals surface area contributed by atoms with Crippen molar-refractivity contribution in [2.45, 2.75) is 26.4 Å². The molecule has 0 aliphatic carbocycles. The Bertz CT molecular complexity index is 401. The Labute approximate surface area is 126 Å². The van der Waals surface area contributed by atoms with Crippen molar-refractivity contribution in [2.24, 2.45) is 0 Å². The number of aryl methyl sites for hydroxylation is 1. The van der Waals surface area contributed by atoms with Gasteiger partial charge in [0.15, 0.2) is 0 Å². The minimum atomic E-state index is -0.527. The van der Waals surface area contributed by atoms with Gasteiger partial charge in [0.1, 0.15) is 5.82 Å². The second-order valence-corrected chi connectivity index (χ2v) is 4.95. The highest BCUT2D eigenvalue weighted by molar-refractivity contribution is 5.26. The molecule has 0 radical (unpaired) electrons. The first-order valence-electron chi connectivity index (χ1n) is 7.42. The Balaban J connectivity index is 2.07. The highest BCUT2D eigenvalue weighted by Gasteiger charge is 2.04.